The van der Waals surface area contributed by atoms with Crippen LogP contribution in [0.4, 0.5) is 14.5 Å². The molecule has 2 aliphatic heterocycles. The molecule has 0 unspecified atom stereocenters. The number of nitrogens with zero attached hydrogens (tertiary/aromatic N) is 2. The largest absolute Gasteiger partial charge is 0.437 e. The molecule has 3 heterocycles. The van der Waals surface area contributed by atoms with Gasteiger partial charge in [0.1, 0.15) is 27.2 Å². The van der Waals surface area contributed by atoms with E-state index in [1.54, 1.807) is 4.90 Å². The van der Waals surface area contributed by atoms with Crippen molar-refractivity contribution in [1.82, 2.24) is 4.98 Å². The third-order valence-electron chi connectivity index (χ3n) is 4.73. The van der Waals surface area contributed by atoms with E-state index >= 15 is 0 Å². The Balaban J connectivity index is 1.81. The highest BCUT2D eigenvalue weighted by atomic mass is 35.5. The normalized spacial score (nSPS) is 20.8. The number of ether oxygens (including phenoxy) is 2. The maximum atomic E-state index is 14.3. The molecule has 1 saturated heterocycles. The van der Waals surface area contributed by atoms with Crippen LogP contribution >= 0.6 is 11.6 Å². The molecule has 150 valence electrons. The summed E-state index contributed by atoms with van der Waals surface area (Å²) in [5.74, 6) is -1.85. The highest BCUT2D eigenvalue weighted by Crippen LogP contribution is 2.44. The lowest BCUT2D eigenvalue weighted by molar-refractivity contribution is 0.115. The summed E-state index contributed by atoms with van der Waals surface area (Å²) >= 11 is 5.99. The van der Waals surface area contributed by atoms with Crippen LogP contribution in [0.2, 0.25) is 5.02 Å². The molecule has 2 aliphatic rings. The van der Waals surface area contributed by atoms with E-state index in [1.165, 1.54) is 24.3 Å². The van der Waals surface area contributed by atoms with Gasteiger partial charge >= 0.3 is 0 Å². The van der Waals surface area contributed by atoms with Gasteiger partial charge in [0.15, 0.2) is 9.84 Å². The van der Waals surface area contributed by atoms with Gasteiger partial charge in [0.05, 0.1) is 11.9 Å². The SMILES string of the molecule is O=S1(=O)CCN(C[C@@H]2CCCO2)c2c(Oc3ccc(F)cc3)nc(F)c(Cl)c21. The zero-order valence-corrected chi connectivity index (χ0v) is 16.3. The van der Waals surface area contributed by atoms with Gasteiger partial charge in [-0.2, -0.15) is 9.37 Å². The van der Waals surface area contributed by atoms with Crippen LogP contribution in [-0.4, -0.2) is 45.0 Å². The van der Waals surface area contributed by atoms with Crippen molar-refractivity contribution >= 4 is 27.1 Å². The maximum Gasteiger partial charge on any atom is 0.247 e. The van der Waals surface area contributed by atoms with Gasteiger partial charge in [-0.1, -0.05) is 11.6 Å². The summed E-state index contributed by atoms with van der Waals surface area (Å²) in [4.78, 5) is 5.16. The molecule has 1 aromatic heterocycles. The van der Waals surface area contributed by atoms with Gasteiger partial charge in [0.25, 0.3) is 0 Å². The average Bonchev–Trinajstić information content (AvgIpc) is 3.16. The lowest BCUT2D eigenvalue weighted by Gasteiger charge is -2.33. The molecule has 0 N–H and O–H groups in total. The minimum atomic E-state index is -3.82. The predicted octanol–water partition coefficient (Wildman–Crippen LogP) is 3.58. The van der Waals surface area contributed by atoms with Crippen LogP contribution in [0.5, 0.6) is 11.6 Å². The van der Waals surface area contributed by atoms with Gasteiger partial charge in [0.2, 0.25) is 11.8 Å². The zero-order chi connectivity index (χ0) is 19.9. The van der Waals surface area contributed by atoms with Crippen molar-refractivity contribution in [3.05, 3.63) is 41.1 Å². The van der Waals surface area contributed by atoms with Gasteiger partial charge in [-0.15, -0.1) is 0 Å². The van der Waals surface area contributed by atoms with Gasteiger partial charge in [0, 0.05) is 19.7 Å². The molecule has 0 spiro atoms. The van der Waals surface area contributed by atoms with E-state index in [0.29, 0.717) is 13.2 Å². The summed E-state index contributed by atoms with van der Waals surface area (Å²) in [6.07, 6.45) is 1.69. The Kier molecular flexibility index (Phi) is 5.15. The summed E-state index contributed by atoms with van der Waals surface area (Å²) in [6, 6.07) is 5.04. The van der Waals surface area contributed by atoms with Crippen LogP contribution in [0.15, 0.2) is 29.2 Å². The Labute approximate surface area is 165 Å². The molecule has 10 heteroatoms. The van der Waals surface area contributed by atoms with E-state index in [-0.39, 0.29) is 40.6 Å². The molecule has 6 nitrogen and oxygen atoms in total. The van der Waals surface area contributed by atoms with Gasteiger partial charge in [-0.25, -0.2) is 12.8 Å². The minimum absolute atomic E-state index is 0.0730. The molecule has 2 aromatic rings. The molecule has 0 bridgehead atoms. The summed E-state index contributed by atoms with van der Waals surface area (Å²) in [7, 11) is -3.82. The molecule has 0 radical (unpaired) electrons. The number of anilines is 1. The number of pyridine rings is 1. The monoisotopic (exact) mass is 430 g/mol. The third kappa shape index (κ3) is 3.66. The zero-order valence-electron chi connectivity index (χ0n) is 14.7. The maximum absolute atomic E-state index is 14.3. The van der Waals surface area contributed by atoms with Crippen LogP contribution < -0.4 is 9.64 Å². The second-order valence-corrected chi connectivity index (χ2v) is 9.08. The highest BCUT2D eigenvalue weighted by molar-refractivity contribution is 7.91. The number of benzene rings is 1. The number of hydrogen-bond acceptors (Lipinski definition) is 6. The lowest BCUT2D eigenvalue weighted by atomic mass is 10.2. The van der Waals surface area contributed by atoms with Gasteiger partial charge in [-0.05, 0) is 37.1 Å². The summed E-state index contributed by atoms with van der Waals surface area (Å²) in [5, 5.41) is -0.557. The smallest absolute Gasteiger partial charge is 0.247 e. The average molecular weight is 431 g/mol. The number of sulfone groups is 1. The number of rotatable bonds is 4. The van der Waals surface area contributed by atoms with Crippen molar-refractivity contribution in [1.29, 1.82) is 0 Å². The molecule has 1 aromatic carbocycles. The Hall–Kier alpha value is -1.97. The van der Waals surface area contributed by atoms with E-state index in [9.17, 15) is 17.2 Å². The van der Waals surface area contributed by atoms with Crippen molar-refractivity contribution in [3.8, 4) is 11.6 Å². The fourth-order valence-electron chi connectivity index (χ4n) is 3.40. The number of hydrogen-bond donors (Lipinski definition) is 0. The first kappa shape index (κ1) is 19.4. The third-order valence-corrected chi connectivity index (χ3v) is 6.93. The Morgan fingerprint density at radius 1 is 1.29 bits per heavy atom. The number of halogens is 3. The number of fused-ring (bicyclic) bond motifs is 1. The number of aromatic nitrogens is 1. The first-order valence-corrected chi connectivity index (χ1v) is 10.8. The molecular formula is C18H17ClF2N2O4S. The Morgan fingerprint density at radius 2 is 2.04 bits per heavy atom. The quantitative estimate of drug-likeness (QED) is 0.691. The van der Waals surface area contributed by atoms with Crippen molar-refractivity contribution < 1.29 is 26.7 Å². The van der Waals surface area contributed by atoms with E-state index < -0.39 is 26.6 Å². The standard InChI is InChI=1S/C18H17ClF2N2O4S/c19-14-16-15(18(22-17(14)21)27-12-5-3-11(20)4-6-12)23(7-9-28(16,24)25)10-13-2-1-8-26-13/h3-6,13H,1-2,7-10H2/t13-/m0/s1. The van der Waals surface area contributed by atoms with E-state index in [0.717, 1.165) is 12.8 Å². The van der Waals surface area contributed by atoms with Crippen molar-refractivity contribution in [2.24, 2.45) is 0 Å². The van der Waals surface area contributed by atoms with Gasteiger partial charge in [-0.3, -0.25) is 0 Å². The first-order valence-electron chi connectivity index (χ1n) is 8.77. The second-order valence-electron chi connectivity index (χ2n) is 6.66. The lowest BCUT2D eigenvalue weighted by Crippen LogP contribution is -2.40. The Morgan fingerprint density at radius 3 is 2.71 bits per heavy atom. The molecule has 0 aliphatic carbocycles. The van der Waals surface area contributed by atoms with E-state index in [4.69, 9.17) is 21.1 Å². The van der Waals surface area contributed by atoms with Crippen molar-refractivity contribution in [2.45, 2.75) is 23.8 Å². The molecule has 0 amide bonds. The van der Waals surface area contributed by atoms with Crippen LogP contribution in [-0.2, 0) is 14.6 Å². The molecular weight excluding hydrogens is 414 g/mol. The van der Waals surface area contributed by atoms with Crippen molar-refractivity contribution in [3.63, 3.8) is 0 Å². The molecule has 0 saturated carbocycles. The van der Waals surface area contributed by atoms with E-state index in [2.05, 4.69) is 4.98 Å². The first-order chi connectivity index (χ1) is 13.3. The van der Waals surface area contributed by atoms with Crippen molar-refractivity contribution in [2.75, 3.05) is 30.3 Å². The van der Waals surface area contributed by atoms with Crippen LogP contribution in [0.3, 0.4) is 0 Å². The van der Waals surface area contributed by atoms with Crippen LogP contribution in [0.1, 0.15) is 12.8 Å². The summed E-state index contributed by atoms with van der Waals surface area (Å²) in [6.45, 7) is 1.23. The fourth-order valence-corrected chi connectivity index (χ4v) is 5.41. The molecule has 1 fully saturated rings. The van der Waals surface area contributed by atoms with E-state index in [1.807, 2.05) is 0 Å². The predicted molar refractivity (Wildman–Crippen MR) is 98.9 cm³/mol. The van der Waals surface area contributed by atoms with Gasteiger partial charge < -0.3 is 14.4 Å². The highest BCUT2D eigenvalue weighted by Gasteiger charge is 2.38. The Bertz CT molecular complexity index is 996. The van der Waals surface area contributed by atoms with Crippen LogP contribution in [0.25, 0.3) is 0 Å². The summed E-state index contributed by atoms with van der Waals surface area (Å²) < 4.78 is 64.0. The second kappa shape index (κ2) is 7.46. The minimum Gasteiger partial charge on any atom is -0.437 e. The topological polar surface area (TPSA) is 68.7 Å². The molecule has 1 atom stereocenters. The fraction of sp³-hybridized carbons (Fsp3) is 0.389. The summed E-state index contributed by atoms with van der Waals surface area (Å²) in [5.41, 5.74) is 0.109. The molecule has 4 rings (SSSR count). The molecule has 28 heavy (non-hydrogen) atoms. The van der Waals surface area contributed by atoms with Crippen LogP contribution in [0, 0.1) is 11.8 Å².